The molecule has 0 amide bonds. The Hall–Kier alpha value is -1.11. The Bertz CT molecular complexity index is 570. The normalized spacial score (nSPS) is 16.9. The van der Waals surface area contributed by atoms with E-state index in [0.29, 0.717) is 23.5 Å². The highest BCUT2D eigenvalue weighted by Crippen LogP contribution is 2.24. The van der Waals surface area contributed by atoms with Crippen LogP contribution in [0.5, 0.6) is 5.75 Å². The van der Waals surface area contributed by atoms with Crippen molar-refractivity contribution >= 4 is 10.0 Å². The molecule has 0 aromatic heterocycles. The largest absolute Gasteiger partial charge is 0.492 e. The molecule has 21 heavy (non-hydrogen) atoms. The monoisotopic (exact) mass is 312 g/mol. The van der Waals surface area contributed by atoms with Gasteiger partial charge in [-0.3, -0.25) is 4.90 Å². The van der Waals surface area contributed by atoms with E-state index >= 15 is 0 Å². The van der Waals surface area contributed by atoms with Gasteiger partial charge in [0.15, 0.2) is 0 Å². The highest BCUT2D eigenvalue weighted by atomic mass is 32.2. The van der Waals surface area contributed by atoms with E-state index in [0.717, 1.165) is 19.6 Å². The lowest BCUT2D eigenvalue weighted by Gasteiger charge is -2.26. The molecule has 1 aliphatic heterocycles. The molecule has 2 rings (SSSR count). The summed E-state index contributed by atoms with van der Waals surface area (Å²) in [5.74, 6) is 0.703. The van der Waals surface area contributed by atoms with Crippen molar-refractivity contribution in [3.8, 4) is 5.75 Å². The molecule has 1 aromatic rings. The average Bonchev–Trinajstić information content (AvgIpc) is 2.37. The summed E-state index contributed by atoms with van der Waals surface area (Å²) in [6.45, 7) is 7.30. The van der Waals surface area contributed by atoms with Crippen LogP contribution in [-0.2, 0) is 10.0 Å². The van der Waals surface area contributed by atoms with E-state index in [1.54, 1.807) is 26.0 Å². The third kappa shape index (κ3) is 4.43. The Morgan fingerprint density at radius 1 is 1.14 bits per heavy atom. The van der Waals surface area contributed by atoms with Gasteiger partial charge < -0.3 is 4.74 Å². The summed E-state index contributed by atoms with van der Waals surface area (Å²) >= 11 is 0. The van der Waals surface area contributed by atoms with Crippen LogP contribution in [0.4, 0.5) is 0 Å². The molecule has 118 valence electrons. The molecular formula is C15H24N2O3S. The number of aryl methyl sites for hydroxylation is 2. The summed E-state index contributed by atoms with van der Waals surface area (Å²) in [7, 11) is -3.68. The molecule has 1 aliphatic rings. The first-order valence-electron chi connectivity index (χ1n) is 7.37. The second kappa shape index (κ2) is 6.77. The van der Waals surface area contributed by atoms with Gasteiger partial charge in [-0.15, -0.1) is 0 Å². The fourth-order valence-electron chi connectivity index (χ4n) is 2.92. The van der Waals surface area contributed by atoms with Crippen molar-refractivity contribution in [3.05, 3.63) is 23.3 Å². The van der Waals surface area contributed by atoms with Crippen LogP contribution in [0.25, 0.3) is 0 Å². The van der Waals surface area contributed by atoms with Crippen LogP contribution >= 0.6 is 0 Å². The molecular weight excluding hydrogens is 288 g/mol. The van der Waals surface area contributed by atoms with Gasteiger partial charge in [0.05, 0.1) is 4.90 Å². The number of hydrogen-bond acceptors (Lipinski definition) is 4. The fourth-order valence-corrected chi connectivity index (χ4v) is 3.93. The lowest BCUT2D eigenvalue weighted by atomic mass is 10.1. The minimum atomic E-state index is -3.68. The zero-order chi connectivity index (χ0) is 15.5. The fraction of sp³-hybridized carbons (Fsp3) is 0.600. The van der Waals surface area contributed by atoms with Gasteiger partial charge in [0.1, 0.15) is 12.4 Å². The number of sulfonamides is 1. The summed E-state index contributed by atoms with van der Waals surface area (Å²) in [5.41, 5.74) is 1.26. The number of likely N-dealkylation sites (tertiary alicyclic amines) is 1. The summed E-state index contributed by atoms with van der Waals surface area (Å²) in [4.78, 5) is 2.60. The number of primary sulfonamides is 1. The molecule has 1 aromatic carbocycles. The SMILES string of the molecule is Cc1cc(OCCN2CCCCC2)cc(C)c1S(N)(=O)=O. The average molecular weight is 312 g/mol. The van der Waals surface area contributed by atoms with E-state index < -0.39 is 10.0 Å². The van der Waals surface area contributed by atoms with Crippen molar-refractivity contribution in [2.24, 2.45) is 5.14 Å². The van der Waals surface area contributed by atoms with E-state index in [4.69, 9.17) is 9.88 Å². The van der Waals surface area contributed by atoms with E-state index in [1.807, 2.05) is 0 Å². The zero-order valence-corrected chi connectivity index (χ0v) is 13.6. The van der Waals surface area contributed by atoms with Crippen LogP contribution in [-0.4, -0.2) is 39.6 Å². The minimum absolute atomic E-state index is 0.200. The minimum Gasteiger partial charge on any atom is -0.492 e. The molecule has 1 saturated heterocycles. The number of nitrogens with zero attached hydrogens (tertiary/aromatic N) is 1. The van der Waals surface area contributed by atoms with Gasteiger partial charge in [0.2, 0.25) is 10.0 Å². The maximum Gasteiger partial charge on any atom is 0.238 e. The van der Waals surface area contributed by atoms with Gasteiger partial charge in [0.25, 0.3) is 0 Å². The van der Waals surface area contributed by atoms with Crippen LogP contribution in [0.1, 0.15) is 30.4 Å². The molecule has 5 nitrogen and oxygen atoms in total. The molecule has 0 saturated carbocycles. The molecule has 0 unspecified atom stereocenters. The summed E-state index contributed by atoms with van der Waals surface area (Å²) in [5, 5.41) is 5.23. The van der Waals surface area contributed by atoms with Gasteiger partial charge in [-0.25, -0.2) is 13.6 Å². The molecule has 1 fully saturated rings. The first-order valence-corrected chi connectivity index (χ1v) is 8.92. The molecule has 0 bridgehead atoms. The predicted octanol–water partition coefficient (Wildman–Crippen LogP) is 1.82. The molecule has 2 N–H and O–H groups in total. The van der Waals surface area contributed by atoms with Gasteiger partial charge >= 0.3 is 0 Å². The molecule has 0 spiro atoms. The molecule has 0 aliphatic carbocycles. The van der Waals surface area contributed by atoms with Gasteiger partial charge in [-0.2, -0.15) is 0 Å². The highest BCUT2D eigenvalue weighted by Gasteiger charge is 2.16. The Balaban J connectivity index is 1.98. The van der Waals surface area contributed by atoms with E-state index in [-0.39, 0.29) is 4.90 Å². The first-order chi connectivity index (χ1) is 9.88. The predicted molar refractivity (Wildman–Crippen MR) is 83.1 cm³/mol. The number of nitrogens with two attached hydrogens (primary N) is 1. The topological polar surface area (TPSA) is 72.6 Å². The van der Waals surface area contributed by atoms with Crippen molar-refractivity contribution in [1.82, 2.24) is 4.90 Å². The third-order valence-corrected chi connectivity index (χ3v) is 5.06. The van der Waals surface area contributed by atoms with E-state index in [1.165, 1.54) is 19.3 Å². The van der Waals surface area contributed by atoms with E-state index in [9.17, 15) is 8.42 Å². The van der Waals surface area contributed by atoms with Crippen LogP contribution in [0, 0.1) is 13.8 Å². The van der Waals surface area contributed by atoms with Crippen LogP contribution < -0.4 is 9.88 Å². The Labute approximate surface area is 127 Å². The third-order valence-electron chi connectivity index (χ3n) is 3.84. The van der Waals surface area contributed by atoms with Crippen molar-refractivity contribution in [3.63, 3.8) is 0 Å². The number of benzene rings is 1. The van der Waals surface area contributed by atoms with Crippen molar-refractivity contribution in [1.29, 1.82) is 0 Å². The molecule has 6 heteroatoms. The quantitative estimate of drug-likeness (QED) is 0.900. The van der Waals surface area contributed by atoms with Crippen LogP contribution in [0.2, 0.25) is 0 Å². The smallest absolute Gasteiger partial charge is 0.238 e. The van der Waals surface area contributed by atoms with E-state index in [2.05, 4.69) is 4.90 Å². The Morgan fingerprint density at radius 2 is 1.71 bits per heavy atom. The molecule has 1 heterocycles. The zero-order valence-electron chi connectivity index (χ0n) is 12.8. The second-order valence-electron chi connectivity index (χ2n) is 5.68. The number of piperidine rings is 1. The van der Waals surface area contributed by atoms with Gasteiger partial charge in [0, 0.05) is 6.54 Å². The maximum atomic E-state index is 11.5. The van der Waals surface area contributed by atoms with Crippen molar-refractivity contribution in [2.45, 2.75) is 38.0 Å². The number of hydrogen-bond donors (Lipinski definition) is 1. The summed E-state index contributed by atoms with van der Waals surface area (Å²) < 4.78 is 28.8. The van der Waals surface area contributed by atoms with Crippen molar-refractivity contribution < 1.29 is 13.2 Å². The Kier molecular flexibility index (Phi) is 5.24. The number of rotatable bonds is 5. The van der Waals surface area contributed by atoms with Crippen molar-refractivity contribution in [2.75, 3.05) is 26.2 Å². The first kappa shape index (κ1) is 16.3. The van der Waals surface area contributed by atoms with Crippen LogP contribution in [0.3, 0.4) is 0 Å². The molecule has 0 radical (unpaired) electrons. The highest BCUT2D eigenvalue weighted by molar-refractivity contribution is 7.89. The Morgan fingerprint density at radius 3 is 2.24 bits per heavy atom. The van der Waals surface area contributed by atoms with Crippen LogP contribution in [0.15, 0.2) is 17.0 Å². The molecule has 0 atom stereocenters. The lowest BCUT2D eigenvalue weighted by molar-refractivity contribution is 0.183. The lowest BCUT2D eigenvalue weighted by Crippen LogP contribution is -2.33. The maximum absolute atomic E-state index is 11.5. The van der Waals surface area contributed by atoms with Gasteiger partial charge in [-0.1, -0.05) is 6.42 Å². The van der Waals surface area contributed by atoms with Gasteiger partial charge in [-0.05, 0) is 63.0 Å². The standard InChI is InChI=1S/C15H24N2O3S/c1-12-10-14(11-13(2)15(12)21(16,18)19)20-9-8-17-6-4-3-5-7-17/h10-11H,3-9H2,1-2H3,(H2,16,18,19). The number of ether oxygens (including phenoxy) is 1. The summed E-state index contributed by atoms with van der Waals surface area (Å²) in [6, 6.07) is 3.48. The summed E-state index contributed by atoms with van der Waals surface area (Å²) in [6.07, 6.45) is 3.85. The second-order valence-corrected chi connectivity index (χ2v) is 7.18.